The Bertz CT molecular complexity index is 1020. The predicted molar refractivity (Wildman–Crippen MR) is 87.6 cm³/mol. The van der Waals surface area contributed by atoms with E-state index >= 15 is 0 Å². The molecule has 2 aromatic heterocycles. The standard InChI is InChI=1S/C15H13FN4O3S/c1-2-23-10(21)7-20-11-12(18-15(24)19-14(11)22)17-13(20)8-3-5-9(16)6-4-8/h3-6H,2,7H2,1H3,(H2,18,19,22,24). The summed E-state index contributed by atoms with van der Waals surface area (Å²) in [6, 6.07) is 5.58. The van der Waals surface area contributed by atoms with Crippen molar-refractivity contribution in [1.82, 2.24) is 19.5 Å². The average Bonchev–Trinajstić information content (AvgIpc) is 2.86. The molecule has 0 radical (unpaired) electrons. The molecule has 0 aliphatic carbocycles. The van der Waals surface area contributed by atoms with Crippen molar-refractivity contribution in [2.45, 2.75) is 13.5 Å². The summed E-state index contributed by atoms with van der Waals surface area (Å²) < 4.78 is 19.7. The van der Waals surface area contributed by atoms with Crippen molar-refractivity contribution in [2.75, 3.05) is 6.61 Å². The van der Waals surface area contributed by atoms with E-state index in [2.05, 4.69) is 15.0 Å². The minimum absolute atomic E-state index is 0.124. The highest BCUT2D eigenvalue weighted by molar-refractivity contribution is 7.71. The Morgan fingerprint density at radius 1 is 1.33 bits per heavy atom. The van der Waals surface area contributed by atoms with E-state index in [-0.39, 0.29) is 29.1 Å². The molecule has 9 heteroatoms. The van der Waals surface area contributed by atoms with Crippen LogP contribution in [0.2, 0.25) is 0 Å². The number of aromatic amines is 2. The van der Waals surface area contributed by atoms with Crippen LogP contribution in [0.4, 0.5) is 4.39 Å². The van der Waals surface area contributed by atoms with Crippen LogP contribution in [0.1, 0.15) is 6.92 Å². The number of nitrogens with one attached hydrogen (secondary N) is 2. The maximum Gasteiger partial charge on any atom is 0.326 e. The van der Waals surface area contributed by atoms with Crippen molar-refractivity contribution < 1.29 is 13.9 Å². The van der Waals surface area contributed by atoms with Crippen molar-refractivity contribution in [3.63, 3.8) is 0 Å². The number of imidazole rings is 1. The number of carbonyl (C=O) groups is 1. The van der Waals surface area contributed by atoms with Crippen molar-refractivity contribution in [2.24, 2.45) is 0 Å². The molecule has 1 aromatic carbocycles. The van der Waals surface area contributed by atoms with Gasteiger partial charge in [0.25, 0.3) is 5.56 Å². The number of hydrogen-bond donors (Lipinski definition) is 2. The maximum absolute atomic E-state index is 13.2. The summed E-state index contributed by atoms with van der Waals surface area (Å²) in [4.78, 5) is 33.7. The topological polar surface area (TPSA) is 92.8 Å². The quantitative estimate of drug-likeness (QED) is 0.557. The van der Waals surface area contributed by atoms with Crippen LogP contribution < -0.4 is 5.56 Å². The molecule has 0 bridgehead atoms. The van der Waals surface area contributed by atoms with Crippen LogP contribution in [-0.4, -0.2) is 32.1 Å². The fourth-order valence-electron chi connectivity index (χ4n) is 2.38. The molecule has 0 saturated heterocycles. The van der Waals surface area contributed by atoms with Gasteiger partial charge in [0.05, 0.1) is 6.61 Å². The molecule has 3 aromatic rings. The zero-order chi connectivity index (χ0) is 17.3. The molecule has 0 aliphatic rings. The van der Waals surface area contributed by atoms with Crippen LogP contribution in [0.5, 0.6) is 0 Å². The van der Waals surface area contributed by atoms with E-state index in [1.165, 1.54) is 28.8 Å². The van der Waals surface area contributed by atoms with Gasteiger partial charge in [0, 0.05) is 5.56 Å². The maximum atomic E-state index is 13.2. The minimum Gasteiger partial charge on any atom is -0.465 e. The smallest absolute Gasteiger partial charge is 0.326 e. The van der Waals surface area contributed by atoms with Crippen LogP contribution >= 0.6 is 12.2 Å². The molecule has 2 N–H and O–H groups in total. The number of carbonyl (C=O) groups excluding carboxylic acids is 1. The Balaban J connectivity index is 2.25. The lowest BCUT2D eigenvalue weighted by atomic mass is 10.2. The van der Waals surface area contributed by atoms with Crippen LogP contribution in [0.3, 0.4) is 0 Å². The number of hydrogen-bond acceptors (Lipinski definition) is 5. The van der Waals surface area contributed by atoms with E-state index in [1.54, 1.807) is 6.92 Å². The predicted octanol–water partition coefficient (Wildman–Crippen LogP) is 2.15. The molecular weight excluding hydrogens is 335 g/mol. The fourth-order valence-corrected chi connectivity index (χ4v) is 2.57. The molecule has 7 nitrogen and oxygen atoms in total. The summed E-state index contributed by atoms with van der Waals surface area (Å²) in [6.07, 6.45) is 0. The van der Waals surface area contributed by atoms with Crippen molar-refractivity contribution in [3.8, 4) is 11.4 Å². The third kappa shape index (κ3) is 2.98. The Morgan fingerprint density at radius 3 is 2.71 bits per heavy atom. The number of benzene rings is 1. The van der Waals surface area contributed by atoms with Crippen molar-refractivity contribution in [3.05, 3.63) is 45.2 Å². The molecule has 3 rings (SSSR count). The summed E-state index contributed by atoms with van der Waals surface area (Å²) in [5.41, 5.74) is 0.484. The first-order valence-electron chi connectivity index (χ1n) is 7.14. The van der Waals surface area contributed by atoms with Gasteiger partial charge in [-0.15, -0.1) is 0 Å². The Labute approximate surface area is 140 Å². The highest BCUT2D eigenvalue weighted by atomic mass is 32.1. The van der Waals surface area contributed by atoms with Crippen LogP contribution in [0.15, 0.2) is 29.1 Å². The van der Waals surface area contributed by atoms with Crippen LogP contribution in [0, 0.1) is 10.6 Å². The molecule has 0 saturated carbocycles. The summed E-state index contributed by atoms with van der Waals surface area (Å²) >= 11 is 4.94. The highest BCUT2D eigenvalue weighted by Crippen LogP contribution is 2.22. The first-order chi connectivity index (χ1) is 11.5. The van der Waals surface area contributed by atoms with Gasteiger partial charge in [-0.1, -0.05) is 0 Å². The number of H-pyrrole nitrogens is 2. The van der Waals surface area contributed by atoms with Gasteiger partial charge in [-0.05, 0) is 43.4 Å². The lowest BCUT2D eigenvalue weighted by molar-refractivity contribution is -0.143. The number of aromatic nitrogens is 4. The van der Waals surface area contributed by atoms with Gasteiger partial charge < -0.3 is 14.3 Å². The second kappa shape index (κ2) is 6.36. The molecule has 0 unspecified atom stereocenters. The molecule has 0 aliphatic heterocycles. The van der Waals surface area contributed by atoms with Gasteiger partial charge in [0.2, 0.25) is 0 Å². The Kier molecular flexibility index (Phi) is 4.26. The van der Waals surface area contributed by atoms with E-state index in [4.69, 9.17) is 17.0 Å². The van der Waals surface area contributed by atoms with Gasteiger partial charge in [-0.3, -0.25) is 14.6 Å². The fraction of sp³-hybridized carbons (Fsp3) is 0.200. The zero-order valence-electron chi connectivity index (χ0n) is 12.6. The molecule has 2 heterocycles. The van der Waals surface area contributed by atoms with Gasteiger partial charge in [0.15, 0.2) is 15.9 Å². The van der Waals surface area contributed by atoms with Crippen LogP contribution in [0.25, 0.3) is 22.6 Å². The van der Waals surface area contributed by atoms with Gasteiger partial charge in [-0.25, -0.2) is 9.37 Å². The van der Waals surface area contributed by atoms with Gasteiger partial charge in [-0.2, -0.15) is 0 Å². The number of ether oxygens (including phenoxy) is 1. The molecular formula is C15H13FN4O3S. The Morgan fingerprint density at radius 2 is 2.04 bits per heavy atom. The van der Waals surface area contributed by atoms with E-state index in [1.807, 2.05) is 0 Å². The third-order valence-electron chi connectivity index (χ3n) is 3.34. The average molecular weight is 348 g/mol. The van der Waals surface area contributed by atoms with Crippen LogP contribution in [-0.2, 0) is 16.1 Å². The van der Waals surface area contributed by atoms with E-state index in [0.29, 0.717) is 11.4 Å². The Hall–Kier alpha value is -2.81. The number of fused-ring (bicyclic) bond motifs is 1. The second-order valence-electron chi connectivity index (χ2n) is 4.94. The highest BCUT2D eigenvalue weighted by Gasteiger charge is 2.18. The summed E-state index contributed by atoms with van der Waals surface area (Å²) in [7, 11) is 0. The molecule has 124 valence electrons. The third-order valence-corrected chi connectivity index (χ3v) is 3.54. The summed E-state index contributed by atoms with van der Waals surface area (Å²) in [5, 5.41) is 0. The van der Waals surface area contributed by atoms with Gasteiger partial charge in [0.1, 0.15) is 18.2 Å². The lowest BCUT2D eigenvalue weighted by Gasteiger charge is -2.08. The summed E-state index contributed by atoms with van der Waals surface area (Å²) in [5.74, 6) is -0.577. The number of halogens is 1. The summed E-state index contributed by atoms with van der Waals surface area (Å²) in [6.45, 7) is 1.70. The van der Waals surface area contributed by atoms with E-state index < -0.39 is 17.3 Å². The molecule has 0 atom stereocenters. The first-order valence-corrected chi connectivity index (χ1v) is 7.55. The van der Waals surface area contributed by atoms with Gasteiger partial charge >= 0.3 is 5.97 Å². The zero-order valence-corrected chi connectivity index (χ0v) is 13.4. The SMILES string of the molecule is CCOC(=O)Cn1c(-c2ccc(F)cc2)nc2[nH]c(=S)[nH]c(=O)c21. The lowest BCUT2D eigenvalue weighted by Crippen LogP contribution is -2.18. The molecule has 0 spiro atoms. The first kappa shape index (κ1) is 16.1. The monoisotopic (exact) mass is 348 g/mol. The largest absolute Gasteiger partial charge is 0.465 e. The second-order valence-corrected chi connectivity index (χ2v) is 5.35. The van der Waals surface area contributed by atoms with E-state index in [0.717, 1.165) is 0 Å². The number of nitrogens with zero attached hydrogens (tertiary/aromatic N) is 2. The van der Waals surface area contributed by atoms with Crippen molar-refractivity contribution >= 4 is 29.4 Å². The van der Waals surface area contributed by atoms with E-state index in [9.17, 15) is 14.0 Å². The molecule has 24 heavy (non-hydrogen) atoms. The molecule has 0 fully saturated rings. The normalized spacial score (nSPS) is 10.9. The minimum atomic E-state index is -0.512. The number of esters is 1. The number of rotatable bonds is 4. The molecule has 0 amide bonds. The van der Waals surface area contributed by atoms with Crippen molar-refractivity contribution in [1.29, 1.82) is 0 Å².